The van der Waals surface area contributed by atoms with E-state index in [4.69, 9.17) is 0 Å². The smallest absolute Gasteiger partial charge is 0.228 e. The second-order valence-corrected chi connectivity index (χ2v) is 5.23. The second kappa shape index (κ2) is 4.61. The van der Waals surface area contributed by atoms with E-state index >= 15 is 0 Å². The molecule has 0 aromatic carbocycles. The summed E-state index contributed by atoms with van der Waals surface area (Å²) >= 11 is 0. The van der Waals surface area contributed by atoms with Crippen LogP contribution in [0, 0.1) is 6.92 Å². The number of aromatic nitrogens is 1. The molecule has 1 aromatic rings. The van der Waals surface area contributed by atoms with Crippen molar-refractivity contribution >= 4 is 11.6 Å². The number of nitrogens with one attached hydrogen (secondary N) is 1. The Morgan fingerprint density at radius 2 is 1.95 bits per heavy atom. The molecule has 1 saturated carbocycles. The van der Waals surface area contributed by atoms with Crippen molar-refractivity contribution in [1.82, 2.24) is 10.3 Å². The molecule has 3 rings (SSSR count). The summed E-state index contributed by atoms with van der Waals surface area (Å²) in [5.74, 6) is -0.298. The van der Waals surface area contributed by atoms with Gasteiger partial charge in [0, 0.05) is 17.8 Å². The molecule has 4 heteroatoms. The van der Waals surface area contributed by atoms with E-state index in [1.165, 1.54) is 18.9 Å². The molecule has 0 amide bonds. The zero-order valence-corrected chi connectivity index (χ0v) is 10.9. The van der Waals surface area contributed by atoms with Gasteiger partial charge in [-0.25, -0.2) is 4.98 Å². The maximum absolute atomic E-state index is 12.4. The largest absolute Gasteiger partial charge is 0.379 e. The molecule has 0 radical (unpaired) electrons. The third-order valence-electron chi connectivity index (χ3n) is 3.75. The number of nitrogens with zero attached hydrogens (tertiary/aromatic N) is 1. The SMILES string of the molecule is Cc1ccc2c(n1)C(=O)C(NC1CCCC1)=CC2=O. The van der Waals surface area contributed by atoms with Crippen molar-refractivity contribution in [3.05, 3.63) is 40.9 Å². The molecule has 1 heterocycles. The molecule has 2 aliphatic rings. The van der Waals surface area contributed by atoms with Crippen molar-refractivity contribution in [2.45, 2.75) is 38.6 Å². The van der Waals surface area contributed by atoms with Crippen molar-refractivity contribution < 1.29 is 9.59 Å². The van der Waals surface area contributed by atoms with E-state index < -0.39 is 0 Å². The van der Waals surface area contributed by atoms with E-state index in [0.29, 0.717) is 17.3 Å². The van der Waals surface area contributed by atoms with Crippen molar-refractivity contribution in [1.29, 1.82) is 0 Å². The molecule has 0 spiro atoms. The fraction of sp³-hybridized carbons (Fsp3) is 0.400. The molecule has 0 aliphatic heterocycles. The molecule has 4 nitrogen and oxygen atoms in total. The highest BCUT2D eigenvalue weighted by atomic mass is 16.1. The highest BCUT2D eigenvalue weighted by molar-refractivity contribution is 6.23. The Bertz CT molecular complexity index is 584. The lowest BCUT2D eigenvalue weighted by molar-refractivity contribution is 0.0972. The maximum Gasteiger partial charge on any atom is 0.228 e. The Hall–Kier alpha value is -1.97. The van der Waals surface area contributed by atoms with Crippen LogP contribution in [0.3, 0.4) is 0 Å². The number of fused-ring (bicyclic) bond motifs is 1. The van der Waals surface area contributed by atoms with Crippen molar-refractivity contribution in [2.75, 3.05) is 0 Å². The van der Waals surface area contributed by atoms with Gasteiger partial charge in [-0.3, -0.25) is 9.59 Å². The second-order valence-electron chi connectivity index (χ2n) is 5.23. The van der Waals surface area contributed by atoms with Crippen LogP contribution in [-0.4, -0.2) is 22.6 Å². The van der Waals surface area contributed by atoms with E-state index in [0.717, 1.165) is 18.5 Å². The summed E-state index contributed by atoms with van der Waals surface area (Å²) in [6, 6.07) is 3.75. The lowest BCUT2D eigenvalue weighted by Gasteiger charge is -2.19. The monoisotopic (exact) mass is 256 g/mol. The van der Waals surface area contributed by atoms with Gasteiger partial charge in [0.2, 0.25) is 5.78 Å². The van der Waals surface area contributed by atoms with Gasteiger partial charge in [-0.2, -0.15) is 0 Å². The van der Waals surface area contributed by atoms with E-state index in [-0.39, 0.29) is 17.3 Å². The van der Waals surface area contributed by atoms with Crippen LogP contribution in [0.2, 0.25) is 0 Å². The third-order valence-corrected chi connectivity index (χ3v) is 3.75. The average molecular weight is 256 g/mol. The zero-order valence-electron chi connectivity index (χ0n) is 10.9. The number of carbonyl (C=O) groups is 2. The van der Waals surface area contributed by atoms with Crippen LogP contribution in [0.25, 0.3) is 0 Å². The van der Waals surface area contributed by atoms with Gasteiger partial charge in [0.25, 0.3) is 0 Å². The Morgan fingerprint density at radius 1 is 1.21 bits per heavy atom. The molecule has 98 valence electrons. The van der Waals surface area contributed by atoms with Gasteiger partial charge in [0.05, 0.1) is 11.3 Å². The highest BCUT2D eigenvalue weighted by Crippen LogP contribution is 2.23. The fourth-order valence-electron chi connectivity index (χ4n) is 2.73. The number of hydrogen-bond acceptors (Lipinski definition) is 4. The molecule has 0 atom stereocenters. The first-order valence-corrected chi connectivity index (χ1v) is 6.70. The first-order valence-electron chi connectivity index (χ1n) is 6.70. The van der Waals surface area contributed by atoms with Crippen LogP contribution in [0.4, 0.5) is 0 Å². The number of hydrogen-bond donors (Lipinski definition) is 1. The first kappa shape index (κ1) is 12.1. The van der Waals surface area contributed by atoms with Gasteiger partial charge >= 0.3 is 0 Å². The van der Waals surface area contributed by atoms with Crippen LogP contribution in [-0.2, 0) is 0 Å². The molecule has 1 aromatic heterocycles. The van der Waals surface area contributed by atoms with E-state index in [2.05, 4.69) is 10.3 Å². The Labute approximate surface area is 111 Å². The summed E-state index contributed by atoms with van der Waals surface area (Å²) in [4.78, 5) is 28.6. The Morgan fingerprint density at radius 3 is 2.68 bits per heavy atom. The van der Waals surface area contributed by atoms with Crippen molar-refractivity contribution in [2.24, 2.45) is 0 Å². The summed E-state index contributed by atoms with van der Waals surface area (Å²) in [7, 11) is 0. The summed E-state index contributed by atoms with van der Waals surface area (Å²) < 4.78 is 0. The summed E-state index contributed by atoms with van der Waals surface area (Å²) in [5, 5.41) is 3.21. The number of ketones is 2. The van der Waals surface area contributed by atoms with Crippen LogP contribution < -0.4 is 5.32 Å². The van der Waals surface area contributed by atoms with Gasteiger partial charge in [-0.1, -0.05) is 12.8 Å². The Balaban J connectivity index is 1.91. The lowest BCUT2D eigenvalue weighted by Crippen LogP contribution is -2.33. The molecule has 1 fully saturated rings. The average Bonchev–Trinajstić information content (AvgIpc) is 2.88. The number of aryl methyl sites for hydroxylation is 1. The van der Waals surface area contributed by atoms with Crippen LogP contribution >= 0.6 is 0 Å². The van der Waals surface area contributed by atoms with Crippen LogP contribution in [0.1, 0.15) is 52.2 Å². The lowest BCUT2D eigenvalue weighted by atomic mass is 9.96. The molecular weight excluding hydrogens is 240 g/mol. The number of rotatable bonds is 2. The predicted octanol–water partition coefficient (Wildman–Crippen LogP) is 2.19. The van der Waals surface area contributed by atoms with E-state index in [1.807, 2.05) is 6.92 Å². The van der Waals surface area contributed by atoms with Gasteiger partial charge < -0.3 is 5.32 Å². The van der Waals surface area contributed by atoms with Crippen LogP contribution in [0.15, 0.2) is 23.9 Å². The number of allylic oxidation sites excluding steroid dienone is 2. The number of Topliss-reactive ketones (excluding diaryl/α,β-unsaturated/α-hetero) is 1. The summed E-state index contributed by atoms with van der Waals surface area (Å²) in [6.45, 7) is 1.82. The third kappa shape index (κ3) is 2.18. The zero-order chi connectivity index (χ0) is 13.4. The summed E-state index contributed by atoms with van der Waals surface area (Å²) in [6.07, 6.45) is 5.90. The van der Waals surface area contributed by atoms with Gasteiger partial charge in [-0.15, -0.1) is 0 Å². The maximum atomic E-state index is 12.4. The quantitative estimate of drug-likeness (QED) is 0.881. The van der Waals surface area contributed by atoms with Crippen molar-refractivity contribution in [3.8, 4) is 0 Å². The number of carbonyl (C=O) groups excluding carboxylic acids is 2. The standard InChI is InChI=1S/C15H16N2O2/c1-9-6-7-11-13(18)8-12(15(19)14(11)16-9)17-10-4-2-3-5-10/h6-8,10,17H,2-5H2,1H3. The predicted molar refractivity (Wildman–Crippen MR) is 71.1 cm³/mol. The minimum atomic E-state index is -0.162. The molecule has 19 heavy (non-hydrogen) atoms. The molecule has 0 saturated heterocycles. The van der Waals surface area contributed by atoms with Gasteiger partial charge in [-0.05, 0) is 31.9 Å². The van der Waals surface area contributed by atoms with Gasteiger partial charge in [0.1, 0.15) is 5.69 Å². The van der Waals surface area contributed by atoms with E-state index in [1.54, 1.807) is 12.1 Å². The minimum absolute atomic E-state index is 0.136. The molecular formula is C15H16N2O2. The number of pyridine rings is 1. The first-order chi connectivity index (χ1) is 9.15. The van der Waals surface area contributed by atoms with Crippen molar-refractivity contribution in [3.63, 3.8) is 0 Å². The Kier molecular flexibility index (Phi) is 2.93. The minimum Gasteiger partial charge on any atom is -0.379 e. The topological polar surface area (TPSA) is 59.1 Å². The van der Waals surface area contributed by atoms with Gasteiger partial charge in [0.15, 0.2) is 5.78 Å². The molecule has 0 bridgehead atoms. The fourth-order valence-corrected chi connectivity index (χ4v) is 2.73. The molecule has 2 aliphatic carbocycles. The van der Waals surface area contributed by atoms with Crippen LogP contribution in [0.5, 0.6) is 0 Å². The molecule has 1 N–H and O–H groups in total. The molecule has 0 unspecified atom stereocenters. The highest BCUT2D eigenvalue weighted by Gasteiger charge is 2.28. The normalized spacial score (nSPS) is 19.3. The van der Waals surface area contributed by atoms with E-state index in [9.17, 15) is 9.59 Å². The summed E-state index contributed by atoms with van der Waals surface area (Å²) in [5.41, 5.74) is 1.85.